The minimum atomic E-state index is -3.45. The molecule has 2 rings (SSSR count). The Morgan fingerprint density at radius 1 is 1.38 bits per heavy atom. The van der Waals surface area contributed by atoms with Crippen LogP contribution in [0.2, 0.25) is 0 Å². The summed E-state index contributed by atoms with van der Waals surface area (Å²) in [6, 6.07) is 6.55. The van der Waals surface area contributed by atoms with Gasteiger partial charge in [0.05, 0.1) is 17.6 Å². The van der Waals surface area contributed by atoms with Gasteiger partial charge in [0.1, 0.15) is 12.4 Å². The monoisotopic (exact) mass is 314 g/mol. The maximum Gasteiger partial charge on any atom is 0.243 e. The van der Waals surface area contributed by atoms with Crippen molar-refractivity contribution in [2.24, 2.45) is 0 Å². The molecule has 1 unspecified atom stereocenters. The molecule has 0 bridgehead atoms. The summed E-state index contributed by atoms with van der Waals surface area (Å²) in [6.07, 6.45) is -0.0716. The lowest BCUT2D eigenvalue weighted by atomic mass is 10.3. The van der Waals surface area contributed by atoms with Crippen LogP contribution in [-0.2, 0) is 14.8 Å². The predicted octanol–water partition coefficient (Wildman–Crippen LogP) is 0.694. The van der Waals surface area contributed by atoms with Gasteiger partial charge in [-0.25, -0.2) is 8.42 Å². The molecule has 0 radical (unpaired) electrons. The Morgan fingerprint density at radius 2 is 2.10 bits per heavy atom. The van der Waals surface area contributed by atoms with Crippen LogP contribution in [0.15, 0.2) is 29.2 Å². The Labute approximate surface area is 126 Å². The van der Waals surface area contributed by atoms with Crippen molar-refractivity contribution < 1.29 is 17.9 Å². The van der Waals surface area contributed by atoms with Crippen molar-refractivity contribution in [1.82, 2.24) is 9.62 Å². The van der Waals surface area contributed by atoms with Crippen molar-refractivity contribution in [2.45, 2.75) is 17.9 Å². The van der Waals surface area contributed by atoms with E-state index in [1.54, 1.807) is 24.3 Å². The summed E-state index contributed by atoms with van der Waals surface area (Å²) in [5.41, 5.74) is 0. The molecule has 1 atom stereocenters. The van der Waals surface area contributed by atoms with Gasteiger partial charge >= 0.3 is 0 Å². The SMILES string of the molecule is CNCCOc1ccc(S(=O)(=O)N2CCOC(C)C2)cc1. The summed E-state index contributed by atoms with van der Waals surface area (Å²) in [7, 11) is -1.60. The molecular weight excluding hydrogens is 292 g/mol. The standard InChI is InChI=1S/C14H22N2O4S/c1-12-11-16(8-10-19-12)21(17,18)14-5-3-13(4-6-14)20-9-7-15-2/h3-6,12,15H,7-11H2,1-2H3. The number of hydrogen-bond donors (Lipinski definition) is 1. The van der Waals surface area contributed by atoms with E-state index in [-0.39, 0.29) is 11.0 Å². The number of rotatable bonds is 6. The summed E-state index contributed by atoms with van der Waals surface area (Å²) in [4.78, 5) is 0.289. The summed E-state index contributed by atoms with van der Waals surface area (Å²) in [5.74, 6) is 0.666. The number of nitrogens with zero attached hydrogens (tertiary/aromatic N) is 1. The quantitative estimate of drug-likeness (QED) is 0.783. The van der Waals surface area contributed by atoms with E-state index in [0.717, 1.165) is 6.54 Å². The maximum atomic E-state index is 12.5. The van der Waals surface area contributed by atoms with Crippen LogP contribution >= 0.6 is 0 Å². The molecule has 6 nitrogen and oxygen atoms in total. The molecule has 1 aromatic carbocycles. The largest absolute Gasteiger partial charge is 0.492 e. The first kappa shape index (κ1) is 16.2. The molecule has 1 aliphatic heterocycles. The van der Waals surface area contributed by atoms with E-state index in [0.29, 0.717) is 32.1 Å². The fraction of sp³-hybridized carbons (Fsp3) is 0.571. The molecule has 0 spiro atoms. The molecule has 0 amide bonds. The minimum absolute atomic E-state index is 0.0716. The van der Waals surface area contributed by atoms with Gasteiger partial charge < -0.3 is 14.8 Å². The lowest BCUT2D eigenvalue weighted by Crippen LogP contribution is -2.44. The van der Waals surface area contributed by atoms with E-state index in [1.165, 1.54) is 4.31 Å². The summed E-state index contributed by atoms with van der Waals surface area (Å²) in [6.45, 7) is 4.39. The number of hydrogen-bond acceptors (Lipinski definition) is 5. The van der Waals surface area contributed by atoms with Crippen LogP contribution in [0.1, 0.15) is 6.92 Å². The molecule has 21 heavy (non-hydrogen) atoms. The van der Waals surface area contributed by atoms with Gasteiger partial charge in [0.2, 0.25) is 10.0 Å². The Bertz CT molecular complexity index is 545. The zero-order valence-electron chi connectivity index (χ0n) is 12.4. The molecule has 1 fully saturated rings. The van der Waals surface area contributed by atoms with Crippen molar-refractivity contribution in [1.29, 1.82) is 0 Å². The van der Waals surface area contributed by atoms with Crippen LogP contribution in [-0.4, -0.2) is 58.7 Å². The Kier molecular flexibility index (Phi) is 5.58. The van der Waals surface area contributed by atoms with Gasteiger partial charge in [-0.2, -0.15) is 4.31 Å². The zero-order valence-corrected chi connectivity index (χ0v) is 13.2. The van der Waals surface area contributed by atoms with E-state index in [2.05, 4.69) is 5.32 Å². The van der Waals surface area contributed by atoms with Crippen LogP contribution in [0.4, 0.5) is 0 Å². The Balaban J connectivity index is 2.06. The van der Waals surface area contributed by atoms with Crippen molar-refractivity contribution in [3.63, 3.8) is 0 Å². The van der Waals surface area contributed by atoms with E-state index < -0.39 is 10.0 Å². The lowest BCUT2D eigenvalue weighted by Gasteiger charge is -2.30. The highest BCUT2D eigenvalue weighted by atomic mass is 32.2. The van der Waals surface area contributed by atoms with E-state index >= 15 is 0 Å². The van der Waals surface area contributed by atoms with Crippen LogP contribution in [0.3, 0.4) is 0 Å². The van der Waals surface area contributed by atoms with Gasteiger partial charge in [-0.15, -0.1) is 0 Å². The topological polar surface area (TPSA) is 67.9 Å². The lowest BCUT2D eigenvalue weighted by molar-refractivity contribution is 0.0102. The molecule has 118 valence electrons. The summed E-state index contributed by atoms with van der Waals surface area (Å²) < 4.78 is 37.4. The fourth-order valence-corrected chi connectivity index (χ4v) is 3.63. The first-order valence-corrected chi connectivity index (χ1v) is 8.47. The van der Waals surface area contributed by atoms with Crippen molar-refractivity contribution in [2.75, 3.05) is 39.9 Å². The molecule has 0 aromatic heterocycles. The van der Waals surface area contributed by atoms with Gasteiger partial charge in [0.25, 0.3) is 0 Å². The van der Waals surface area contributed by atoms with Gasteiger partial charge in [0.15, 0.2) is 0 Å². The summed E-state index contributed by atoms with van der Waals surface area (Å²) in [5, 5.41) is 2.98. The van der Waals surface area contributed by atoms with Crippen molar-refractivity contribution in [3.8, 4) is 5.75 Å². The average Bonchev–Trinajstić information content (AvgIpc) is 2.48. The molecule has 1 saturated heterocycles. The molecular formula is C14H22N2O4S. The normalized spacial score (nSPS) is 20.4. The molecule has 0 aliphatic carbocycles. The predicted molar refractivity (Wildman–Crippen MR) is 80.0 cm³/mol. The third-order valence-electron chi connectivity index (χ3n) is 3.29. The van der Waals surface area contributed by atoms with E-state index in [9.17, 15) is 8.42 Å². The second-order valence-electron chi connectivity index (χ2n) is 4.97. The second-order valence-corrected chi connectivity index (χ2v) is 6.91. The van der Waals surface area contributed by atoms with Gasteiger partial charge in [-0.05, 0) is 38.2 Å². The van der Waals surface area contributed by atoms with Gasteiger partial charge in [0, 0.05) is 19.6 Å². The highest BCUT2D eigenvalue weighted by Crippen LogP contribution is 2.21. The number of morpholine rings is 1. The molecule has 1 heterocycles. The molecule has 7 heteroatoms. The first-order valence-electron chi connectivity index (χ1n) is 7.03. The number of sulfonamides is 1. The third-order valence-corrected chi connectivity index (χ3v) is 5.17. The Hall–Kier alpha value is -1.15. The highest BCUT2D eigenvalue weighted by Gasteiger charge is 2.28. The molecule has 0 saturated carbocycles. The van der Waals surface area contributed by atoms with Crippen LogP contribution in [0.5, 0.6) is 5.75 Å². The summed E-state index contributed by atoms with van der Waals surface area (Å²) >= 11 is 0. The van der Waals surface area contributed by atoms with Crippen LogP contribution in [0, 0.1) is 0 Å². The van der Waals surface area contributed by atoms with Gasteiger partial charge in [-0.3, -0.25) is 0 Å². The number of nitrogens with one attached hydrogen (secondary N) is 1. The van der Waals surface area contributed by atoms with E-state index in [4.69, 9.17) is 9.47 Å². The third kappa shape index (κ3) is 4.16. The van der Waals surface area contributed by atoms with E-state index in [1.807, 2.05) is 14.0 Å². The van der Waals surface area contributed by atoms with Gasteiger partial charge in [-0.1, -0.05) is 0 Å². The number of ether oxygens (including phenoxy) is 2. The minimum Gasteiger partial charge on any atom is -0.492 e. The Morgan fingerprint density at radius 3 is 2.71 bits per heavy atom. The average molecular weight is 314 g/mol. The first-order chi connectivity index (χ1) is 10.0. The van der Waals surface area contributed by atoms with Crippen LogP contribution < -0.4 is 10.1 Å². The molecule has 1 aromatic rings. The fourth-order valence-electron chi connectivity index (χ4n) is 2.13. The highest BCUT2D eigenvalue weighted by molar-refractivity contribution is 7.89. The molecule has 1 N–H and O–H groups in total. The second kappa shape index (κ2) is 7.22. The smallest absolute Gasteiger partial charge is 0.243 e. The molecule has 1 aliphatic rings. The van der Waals surface area contributed by atoms with Crippen LogP contribution in [0.25, 0.3) is 0 Å². The van der Waals surface area contributed by atoms with Crippen molar-refractivity contribution >= 4 is 10.0 Å². The number of benzene rings is 1. The van der Waals surface area contributed by atoms with Crippen molar-refractivity contribution in [3.05, 3.63) is 24.3 Å². The number of likely N-dealkylation sites (N-methyl/N-ethyl adjacent to an activating group) is 1. The zero-order chi connectivity index (χ0) is 15.3. The maximum absolute atomic E-state index is 12.5.